The molecule has 6 heteroatoms. The van der Waals surface area contributed by atoms with Crippen molar-refractivity contribution in [2.24, 2.45) is 0 Å². The summed E-state index contributed by atoms with van der Waals surface area (Å²) in [6.45, 7) is 0. The standard InChI is InChI=1S/C13H10ClFN2O2/c14-8-5-6-12(18)11(7-8)17-13(19)16-10-4-2-1-3-9(10)15/h1-7,18H,(H2,16,17,19). The van der Waals surface area contributed by atoms with Gasteiger partial charge in [0.05, 0.1) is 11.4 Å². The zero-order valence-electron chi connectivity index (χ0n) is 9.65. The largest absolute Gasteiger partial charge is 0.506 e. The predicted molar refractivity (Wildman–Crippen MR) is 72.2 cm³/mol. The van der Waals surface area contributed by atoms with Crippen LogP contribution >= 0.6 is 11.6 Å². The Bertz CT molecular complexity index is 619. The Balaban J connectivity index is 2.10. The van der Waals surface area contributed by atoms with E-state index in [1.807, 2.05) is 0 Å². The number of halogens is 2. The third kappa shape index (κ3) is 3.35. The maximum atomic E-state index is 13.3. The molecule has 0 saturated carbocycles. The summed E-state index contributed by atoms with van der Waals surface area (Å²) in [7, 11) is 0. The first-order chi connectivity index (χ1) is 9.06. The van der Waals surface area contributed by atoms with Gasteiger partial charge in [-0.3, -0.25) is 0 Å². The third-order valence-corrected chi connectivity index (χ3v) is 2.56. The molecule has 4 nitrogen and oxygen atoms in total. The number of urea groups is 1. The van der Waals surface area contributed by atoms with E-state index < -0.39 is 11.8 Å². The monoisotopic (exact) mass is 280 g/mol. The van der Waals surface area contributed by atoms with E-state index in [4.69, 9.17) is 11.6 Å². The molecular formula is C13H10ClFN2O2. The molecule has 3 N–H and O–H groups in total. The van der Waals surface area contributed by atoms with Crippen LogP contribution in [0.1, 0.15) is 0 Å². The van der Waals surface area contributed by atoms with E-state index >= 15 is 0 Å². The van der Waals surface area contributed by atoms with Crippen LogP contribution in [0.2, 0.25) is 5.02 Å². The number of carbonyl (C=O) groups is 1. The first-order valence-electron chi connectivity index (χ1n) is 5.37. The lowest BCUT2D eigenvalue weighted by Gasteiger charge is -2.09. The molecule has 2 aromatic carbocycles. The smallest absolute Gasteiger partial charge is 0.323 e. The number of para-hydroxylation sites is 1. The second kappa shape index (κ2) is 5.58. The summed E-state index contributed by atoms with van der Waals surface area (Å²) in [6.07, 6.45) is 0. The van der Waals surface area contributed by atoms with Crippen LogP contribution in [0.4, 0.5) is 20.6 Å². The Morgan fingerprint density at radius 1 is 1.11 bits per heavy atom. The highest BCUT2D eigenvalue weighted by Crippen LogP contribution is 2.26. The zero-order chi connectivity index (χ0) is 13.8. The number of phenols is 1. The fraction of sp³-hybridized carbons (Fsp3) is 0. The summed E-state index contributed by atoms with van der Waals surface area (Å²) in [5.41, 5.74) is 0.183. The first-order valence-corrected chi connectivity index (χ1v) is 5.75. The van der Waals surface area contributed by atoms with Crippen molar-refractivity contribution in [2.75, 3.05) is 10.6 Å². The van der Waals surface area contributed by atoms with Crippen molar-refractivity contribution in [1.29, 1.82) is 0 Å². The van der Waals surface area contributed by atoms with Crippen LogP contribution in [-0.4, -0.2) is 11.1 Å². The number of anilines is 2. The fourth-order valence-corrected chi connectivity index (χ4v) is 1.62. The van der Waals surface area contributed by atoms with Crippen molar-refractivity contribution >= 4 is 29.0 Å². The lowest BCUT2D eigenvalue weighted by atomic mass is 10.3. The molecule has 19 heavy (non-hydrogen) atoms. The second-order valence-corrected chi connectivity index (χ2v) is 4.16. The molecule has 0 bridgehead atoms. The van der Waals surface area contributed by atoms with E-state index in [0.29, 0.717) is 5.02 Å². The average Bonchev–Trinajstić information content (AvgIpc) is 2.37. The molecule has 0 aliphatic heterocycles. The van der Waals surface area contributed by atoms with Crippen molar-refractivity contribution in [3.63, 3.8) is 0 Å². The van der Waals surface area contributed by atoms with Gasteiger partial charge in [-0.2, -0.15) is 0 Å². The lowest BCUT2D eigenvalue weighted by molar-refractivity contribution is 0.262. The molecular weight excluding hydrogens is 271 g/mol. The van der Waals surface area contributed by atoms with Crippen LogP contribution in [0, 0.1) is 5.82 Å². The maximum absolute atomic E-state index is 13.3. The molecule has 98 valence electrons. The number of amides is 2. The van der Waals surface area contributed by atoms with E-state index in [9.17, 15) is 14.3 Å². The molecule has 2 amide bonds. The van der Waals surface area contributed by atoms with Gasteiger partial charge in [0.25, 0.3) is 0 Å². The van der Waals surface area contributed by atoms with E-state index in [1.165, 1.54) is 36.4 Å². The molecule has 0 aliphatic carbocycles. The van der Waals surface area contributed by atoms with Gasteiger partial charge in [-0.25, -0.2) is 9.18 Å². The number of benzene rings is 2. The third-order valence-electron chi connectivity index (χ3n) is 2.33. The van der Waals surface area contributed by atoms with E-state index in [1.54, 1.807) is 6.07 Å². The van der Waals surface area contributed by atoms with Gasteiger partial charge in [-0.1, -0.05) is 23.7 Å². The molecule has 0 radical (unpaired) electrons. The lowest BCUT2D eigenvalue weighted by Crippen LogP contribution is -2.20. The van der Waals surface area contributed by atoms with Gasteiger partial charge in [0, 0.05) is 5.02 Å². The maximum Gasteiger partial charge on any atom is 0.323 e. The van der Waals surface area contributed by atoms with Crippen LogP contribution < -0.4 is 10.6 Å². The number of phenolic OH excluding ortho intramolecular Hbond substituents is 1. The Morgan fingerprint density at radius 3 is 2.53 bits per heavy atom. The second-order valence-electron chi connectivity index (χ2n) is 3.72. The van der Waals surface area contributed by atoms with Gasteiger partial charge >= 0.3 is 6.03 Å². The van der Waals surface area contributed by atoms with Crippen LogP contribution in [0.25, 0.3) is 0 Å². The molecule has 0 atom stereocenters. The minimum absolute atomic E-state index is 0.0431. The fourth-order valence-electron chi connectivity index (χ4n) is 1.45. The number of aromatic hydroxyl groups is 1. The number of hydrogen-bond acceptors (Lipinski definition) is 2. The molecule has 2 aromatic rings. The quantitative estimate of drug-likeness (QED) is 0.732. The van der Waals surface area contributed by atoms with Gasteiger partial charge in [0.15, 0.2) is 0 Å². The number of nitrogens with one attached hydrogen (secondary N) is 2. The summed E-state index contributed by atoms with van der Waals surface area (Å²) in [5, 5.41) is 14.6. The van der Waals surface area contributed by atoms with Crippen molar-refractivity contribution in [3.8, 4) is 5.75 Å². The summed E-state index contributed by atoms with van der Waals surface area (Å²) in [4.78, 5) is 11.7. The number of rotatable bonds is 2. The molecule has 0 spiro atoms. The Morgan fingerprint density at radius 2 is 1.79 bits per heavy atom. The highest BCUT2D eigenvalue weighted by Gasteiger charge is 2.09. The Hall–Kier alpha value is -2.27. The predicted octanol–water partition coefficient (Wildman–Crippen LogP) is 3.83. The minimum Gasteiger partial charge on any atom is -0.506 e. The Labute approximate surface area is 113 Å². The van der Waals surface area contributed by atoms with Gasteiger partial charge in [0.1, 0.15) is 11.6 Å². The summed E-state index contributed by atoms with van der Waals surface area (Å²) >= 11 is 5.74. The van der Waals surface area contributed by atoms with Gasteiger partial charge in [-0.15, -0.1) is 0 Å². The molecule has 0 fully saturated rings. The van der Waals surface area contributed by atoms with Crippen LogP contribution in [0.3, 0.4) is 0 Å². The van der Waals surface area contributed by atoms with E-state index in [0.717, 1.165) is 0 Å². The molecule has 0 aliphatic rings. The van der Waals surface area contributed by atoms with E-state index in [2.05, 4.69) is 10.6 Å². The normalized spacial score (nSPS) is 10.0. The highest BCUT2D eigenvalue weighted by molar-refractivity contribution is 6.31. The number of carbonyl (C=O) groups excluding carboxylic acids is 1. The molecule has 0 saturated heterocycles. The molecule has 0 heterocycles. The SMILES string of the molecule is O=C(Nc1cc(Cl)ccc1O)Nc1ccccc1F. The number of hydrogen-bond donors (Lipinski definition) is 3. The van der Waals surface area contributed by atoms with Crippen LogP contribution in [-0.2, 0) is 0 Å². The van der Waals surface area contributed by atoms with Crippen molar-refractivity contribution in [1.82, 2.24) is 0 Å². The summed E-state index contributed by atoms with van der Waals surface area (Å²) in [5.74, 6) is -0.680. The van der Waals surface area contributed by atoms with Crippen LogP contribution in [0.15, 0.2) is 42.5 Å². The van der Waals surface area contributed by atoms with Gasteiger partial charge in [0.2, 0.25) is 0 Å². The van der Waals surface area contributed by atoms with Crippen molar-refractivity contribution < 1.29 is 14.3 Å². The zero-order valence-corrected chi connectivity index (χ0v) is 10.4. The summed E-state index contributed by atoms with van der Waals surface area (Å²) < 4.78 is 13.3. The topological polar surface area (TPSA) is 61.4 Å². The van der Waals surface area contributed by atoms with Crippen molar-refractivity contribution in [3.05, 3.63) is 53.3 Å². The van der Waals surface area contributed by atoms with Gasteiger partial charge in [-0.05, 0) is 30.3 Å². The average molecular weight is 281 g/mol. The Kier molecular flexibility index (Phi) is 3.87. The van der Waals surface area contributed by atoms with Crippen LogP contribution in [0.5, 0.6) is 5.75 Å². The molecule has 0 aromatic heterocycles. The molecule has 0 unspecified atom stereocenters. The first kappa shape index (κ1) is 13.2. The van der Waals surface area contributed by atoms with Crippen molar-refractivity contribution in [2.45, 2.75) is 0 Å². The summed E-state index contributed by atoms with van der Waals surface area (Å²) in [6, 6.07) is 9.30. The molecule has 2 rings (SSSR count). The minimum atomic E-state index is -0.678. The van der Waals surface area contributed by atoms with Gasteiger partial charge < -0.3 is 15.7 Å². The highest BCUT2D eigenvalue weighted by atomic mass is 35.5. The van der Waals surface area contributed by atoms with E-state index in [-0.39, 0.29) is 17.1 Å².